The quantitative estimate of drug-likeness (QED) is 0.919. The number of hydrogen-bond donors (Lipinski definition) is 1. The molecule has 2 aromatic rings. The van der Waals surface area contributed by atoms with Crippen LogP contribution in [-0.4, -0.2) is 53.8 Å². The number of anilines is 1. The number of morpholine rings is 1. The molecule has 5 nitrogen and oxygen atoms in total. The summed E-state index contributed by atoms with van der Waals surface area (Å²) in [4.78, 5) is 11.4. The highest BCUT2D eigenvalue weighted by Gasteiger charge is 2.13. The Bertz CT molecular complexity index is 569. The largest absolute Gasteiger partial charge is 0.379 e. The van der Waals surface area contributed by atoms with Gasteiger partial charge in [0.1, 0.15) is 5.82 Å². The van der Waals surface area contributed by atoms with Crippen molar-refractivity contribution in [3.8, 4) is 0 Å². The standard InChI is InChI=1S/C15H20N4O/c1-12(11-19-6-8-20-9-7-19)17-15-10-16-13-4-2-3-5-14(13)18-15/h2-5,10,12H,6-9,11H2,1H3,(H,17,18)/t12-/m1/s1. The van der Waals surface area contributed by atoms with Gasteiger partial charge in [-0.15, -0.1) is 0 Å². The zero-order valence-corrected chi connectivity index (χ0v) is 11.7. The van der Waals surface area contributed by atoms with Crippen molar-refractivity contribution in [1.29, 1.82) is 0 Å². The highest BCUT2D eigenvalue weighted by molar-refractivity contribution is 5.75. The van der Waals surface area contributed by atoms with E-state index < -0.39 is 0 Å². The summed E-state index contributed by atoms with van der Waals surface area (Å²) < 4.78 is 5.36. The van der Waals surface area contributed by atoms with Crippen LogP contribution < -0.4 is 5.32 Å². The number of hydrogen-bond acceptors (Lipinski definition) is 5. The van der Waals surface area contributed by atoms with Gasteiger partial charge in [0.05, 0.1) is 30.4 Å². The summed E-state index contributed by atoms with van der Waals surface area (Å²) >= 11 is 0. The molecule has 0 saturated carbocycles. The van der Waals surface area contributed by atoms with Gasteiger partial charge in [-0.05, 0) is 19.1 Å². The van der Waals surface area contributed by atoms with E-state index in [1.165, 1.54) is 0 Å². The first-order valence-electron chi connectivity index (χ1n) is 7.10. The molecule has 1 aromatic carbocycles. The second-order valence-electron chi connectivity index (χ2n) is 5.20. The molecule has 0 radical (unpaired) electrons. The Hall–Kier alpha value is -1.72. The minimum absolute atomic E-state index is 0.337. The number of aromatic nitrogens is 2. The molecule has 0 bridgehead atoms. The van der Waals surface area contributed by atoms with Crippen LogP contribution in [0.25, 0.3) is 11.0 Å². The summed E-state index contributed by atoms with van der Waals surface area (Å²) in [6, 6.07) is 8.26. The first-order valence-corrected chi connectivity index (χ1v) is 7.10. The molecule has 2 heterocycles. The van der Waals surface area contributed by atoms with Crippen molar-refractivity contribution >= 4 is 16.9 Å². The third kappa shape index (κ3) is 3.23. The van der Waals surface area contributed by atoms with Crippen LogP contribution >= 0.6 is 0 Å². The third-order valence-electron chi connectivity index (χ3n) is 3.48. The van der Waals surface area contributed by atoms with Gasteiger partial charge in [0, 0.05) is 25.7 Å². The fourth-order valence-electron chi connectivity index (χ4n) is 2.50. The lowest BCUT2D eigenvalue weighted by molar-refractivity contribution is 0.0368. The van der Waals surface area contributed by atoms with Crippen LogP contribution in [0.3, 0.4) is 0 Å². The van der Waals surface area contributed by atoms with E-state index in [9.17, 15) is 0 Å². The van der Waals surface area contributed by atoms with Gasteiger partial charge in [0.25, 0.3) is 0 Å². The predicted octanol–water partition coefficient (Wildman–Crippen LogP) is 1.76. The van der Waals surface area contributed by atoms with Crippen LogP contribution in [0, 0.1) is 0 Å². The number of nitrogens with zero attached hydrogens (tertiary/aromatic N) is 3. The van der Waals surface area contributed by atoms with Crippen molar-refractivity contribution in [2.75, 3.05) is 38.2 Å². The molecule has 1 fully saturated rings. The van der Waals surface area contributed by atoms with Crippen LogP contribution in [-0.2, 0) is 4.74 Å². The molecule has 1 atom stereocenters. The molecular weight excluding hydrogens is 252 g/mol. The minimum Gasteiger partial charge on any atom is -0.379 e. The molecule has 1 N–H and O–H groups in total. The average Bonchev–Trinajstić information content (AvgIpc) is 2.48. The van der Waals surface area contributed by atoms with Gasteiger partial charge in [0.15, 0.2) is 0 Å². The van der Waals surface area contributed by atoms with Crippen molar-refractivity contribution in [2.24, 2.45) is 0 Å². The average molecular weight is 272 g/mol. The minimum atomic E-state index is 0.337. The Morgan fingerprint density at radius 3 is 2.80 bits per heavy atom. The van der Waals surface area contributed by atoms with Gasteiger partial charge in [-0.1, -0.05) is 12.1 Å². The molecular formula is C15H20N4O. The Balaban J connectivity index is 1.62. The Kier molecular flexibility index (Phi) is 4.08. The monoisotopic (exact) mass is 272 g/mol. The van der Waals surface area contributed by atoms with E-state index in [0.717, 1.165) is 49.7 Å². The Labute approximate surface area is 119 Å². The normalized spacial score (nSPS) is 18.1. The van der Waals surface area contributed by atoms with Crippen molar-refractivity contribution in [3.63, 3.8) is 0 Å². The van der Waals surface area contributed by atoms with E-state index in [-0.39, 0.29) is 0 Å². The summed E-state index contributed by atoms with van der Waals surface area (Å²) in [6.07, 6.45) is 1.80. The van der Waals surface area contributed by atoms with Crippen molar-refractivity contribution in [3.05, 3.63) is 30.5 Å². The molecule has 0 amide bonds. The SMILES string of the molecule is C[C@H](CN1CCOCC1)Nc1cnc2ccccc2n1. The number of para-hydroxylation sites is 2. The number of nitrogens with one attached hydrogen (secondary N) is 1. The maximum atomic E-state index is 5.36. The molecule has 0 unspecified atom stereocenters. The zero-order valence-electron chi connectivity index (χ0n) is 11.7. The summed E-state index contributed by atoms with van der Waals surface area (Å²) in [5, 5.41) is 3.43. The van der Waals surface area contributed by atoms with E-state index in [4.69, 9.17) is 4.74 Å². The first-order chi connectivity index (χ1) is 9.81. The van der Waals surface area contributed by atoms with Crippen molar-refractivity contribution < 1.29 is 4.74 Å². The molecule has 0 aliphatic carbocycles. The Morgan fingerprint density at radius 2 is 2.00 bits per heavy atom. The van der Waals surface area contributed by atoms with Crippen LogP contribution in [0.1, 0.15) is 6.92 Å². The molecule has 1 aromatic heterocycles. The fraction of sp³-hybridized carbons (Fsp3) is 0.467. The topological polar surface area (TPSA) is 50.3 Å². The van der Waals surface area contributed by atoms with E-state index in [1.54, 1.807) is 6.20 Å². The molecule has 1 saturated heterocycles. The summed E-state index contributed by atoms with van der Waals surface area (Å²) in [5.74, 6) is 0.837. The summed E-state index contributed by atoms with van der Waals surface area (Å²) in [6.45, 7) is 6.86. The second kappa shape index (κ2) is 6.15. The molecule has 5 heteroatoms. The maximum absolute atomic E-state index is 5.36. The maximum Gasteiger partial charge on any atom is 0.145 e. The number of rotatable bonds is 4. The van der Waals surface area contributed by atoms with Gasteiger partial charge in [-0.25, -0.2) is 4.98 Å². The molecule has 1 aliphatic heterocycles. The number of benzene rings is 1. The van der Waals surface area contributed by atoms with E-state index in [1.807, 2.05) is 24.3 Å². The highest BCUT2D eigenvalue weighted by Crippen LogP contribution is 2.12. The lowest BCUT2D eigenvalue weighted by Crippen LogP contribution is -2.42. The molecule has 106 valence electrons. The lowest BCUT2D eigenvalue weighted by Gasteiger charge is -2.29. The van der Waals surface area contributed by atoms with Gasteiger partial charge < -0.3 is 10.1 Å². The molecule has 0 spiro atoms. The third-order valence-corrected chi connectivity index (χ3v) is 3.48. The van der Waals surface area contributed by atoms with Crippen molar-refractivity contribution in [1.82, 2.24) is 14.9 Å². The summed E-state index contributed by atoms with van der Waals surface area (Å²) in [5.41, 5.74) is 1.86. The first kappa shape index (κ1) is 13.3. The number of fused-ring (bicyclic) bond motifs is 1. The van der Waals surface area contributed by atoms with Crippen LogP contribution in [0.2, 0.25) is 0 Å². The smallest absolute Gasteiger partial charge is 0.145 e. The van der Waals surface area contributed by atoms with Gasteiger partial charge in [-0.2, -0.15) is 0 Å². The molecule has 20 heavy (non-hydrogen) atoms. The molecule has 1 aliphatic rings. The van der Waals surface area contributed by atoms with E-state index in [2.05, 4.69) is 27.1 Å². The zero-order chi connectivity index (χ0) is 13.8. The van der Waals surface area contributed by atoms with E-state index >= 15 is 0 Å². The lowest BCUT2D eigenvalue weighted by atomic mass is 10.2. The van der Waals surface area contributed by atoms with Gasteiger partial charge in [-0.3, -0.25) is 9.88 Å². The van der Waals surface area contributed by atoms with Crippen LogP contribution in [0.5, 0.6) is 0 Å². The molecule has 3 rings (SSSR count). The van der Waals surface area contributed by atoms with Crippen LogP contribution in [0.4, 0.5) is 5.82 Å². The Morgan fingerprint density at radius 1 is 1.25 bits per heavy atom. The van der Waals surface area contributed by atoms with Crippen LogP contribution in [0.15, 0.2) is 30.5 Å². The highest BCUT2D eigenvalue weighted by atomic mass is 16.5. The predicted molar refractivity (Wildman–Crippen MR) is 79.9 cm³/mol. The van der Waals surface area contributed by atoms with Gasteiger partial charge >= 0.3 is 0 Å². The van der Waals surface area contributed by atoms with Gasteiger partial charge in [0.2, 0.25) is 0 Å². The van der Waals surface area contributed by atoms with Crippen molar-refractivity contribution in [2.45, 2.75) is 13.0 Å². The summed E-state index contributed by atoms with van der Waals surface area (Å²) in [7, 11) is 0. The fourth-order valence-corrected chi connectivity index (χ4v) is 2.50. The number of ether oxygens (including phenoxy) is 1. The van der Waals surface area contributed by atoms with E-state index in [0.29, 0.717) is 6.04 Å². The second-order valence-corrected chi connectivity index (χ2v) is 5.20.